The molecule has 0 aliphatic heterocycles. The van der Waals surface area contributed by atoms with E-state index in [0.29, 0.717) is 6.54 Å². The molecule has 13 heavy (non-hydrogen) atoms. The Morgan fingerprint density at radius 2 is 1.85 bits per heavy atom. The Labute approximate surface area is 80.3 Å². The Morgan fingerprint density at radius 1 is 1.38 bits per heavy atom. The molecule has 0 aromatic heterocycles. The van der Waals surface area contributed by atoms with Crippen molar-refractivity contribution >= 4 is 5.97 Å². The summed E-state index contributed by atoms with van der Waals surface area (Å²) in [7, 11) is 0. The summed E-state index contributed by atoms with van der Waals surface area (Å²) in [5, 5.41) is 8.61. The van der Waals surface area contributed by atoms with E-state index in [2.05, 4.69) is 0 Å². The predicted octanol–water partition coefficient (Wildman–Crippen LogP) is 2.01. The molecule has 1 aliphatic rings. The van der Waals surface area contributed by atoms with Crippen molar-refractivity contribution in [2.75, 3.05) is 6.54 Å². The van der Waals surface area contributed by atoms with Crippen LogP contribution >= 0.6 is 0 Å². The molecule has 0 saturated heterocycles. The summed E-state index contributed by atoms with van der Waals surface area (Å²) in [4.78, 5) is 10.5. The van der Waals surface area contributed by atoms with Gasteiger partial charge in [-0.3, -0.25) is 4.79 Å². The first-order valence-electron chi connectivity index (χ1n) is 5.10. The fourth-order valence-corrected chi connectivity index (χ4v) is 1.90. The van der Waals surface area contributed by atoms with E-state index < -0.39 is 5.97 Å². The number of rotatable bonds is 3. The Hall–Kier alpha value is -0.570. The van der Waals surface area contributed by atoms with Crippen LogP contribution < -0.4 is 5.73 Å². The lowest BCUT2D eigenvalue weighted by atomic mass is 9.83. The van der Waals surface area contributed by atoms with Crippen LogP contribution in [0.3, 0.4) is 0 Å². The SMILES string of the molecule is CC.NCC1(CC(=O)O)CCCC1. The zero-order valence-corrected chi connectivity index (χ0v) is 8.68. The fraction of sp³-hybridized carbons (Fsp3) is 0.900. The van der Waals surface area contributed by atoms with Crippen molar-refractivity contribution in [2.24, 2.45) is 11.1 Å². The van der Waals surface area contributed by atoms with Crippen molar-refractivity contribution in [3.8, 4) is 0 Å². The van der Waals surface area contributed by atoms with E-state index in [1.54, 1.807) is 0 Å². The van der Waals surface area contributed by atoms with Gasteiger partial charge in [0, 0.05) is 0 Å². The summed E-state index contributed by atoms with van der Waals surface area (Å²) in [6, 6.07) is 0. The van der Waals surface area contributed by atoms with Crippen molar-refractivity contribution in [3.05, 3.63) is 0 Å². The number of aliphatic carboxylic acids is 1. The Kier molecular flexibility index (Phi) is 5.71. The summed E-state index contributed by atoms with van der Waals surface area (Å²) in [6.45, 7) is 4.53. The molecular weight excluding hydrogens is 166 g/mol. The zero-order chi connectivity index (χ0) is 10.3. The molecule has 3 heteroatoms. The minimum absolute atomic E-state index is 0.0637. The second-order valence-corrected chi connectivity index (χ2v) is 3.48. The van der Waals surface area contributed by atoms with Gasteiger partial charge in [0.05, 0.1) is 6.42 Å². The second-order valence-electron chi connectivity index (χ2n) is 3.48. The van der Waals surface area contributed by atoms with Gasteiger partial charge in [0.15, 0.2) is 0 Å². The second kappa shape index (κ2) is 5.97. The van der Waals surface area contributed by atoms with E-state index in [1.807, 2.05) is 13.8 Å². The predicted molar refractivity (Wildman–Crippen MR) is 53.6 cm³/mol. The van der Waals surface area contributed by atoms with Crippen molar-refractivity contribution in [1.29, 1.82) is 0 Å². The van der Waals surface area contributed by atoms with Crippen LogP contribution in [-0.4, -0.2) is 17.6 Å². The average Bonchev–Trinajstić information content (AvgIpc) is 2.56. The Balaban J connectivity index is 0.000000671. The van der Waals surface area contributed by atoms with Crippen molar-refractivity contribution in [3.63, 3.8) is 0 Å². The van der Waals surface area contributed by atoms with Crippen LogP contribution in [0.15, 0.2) is 0 Å². The Bertz CT molecular complexity index is 151. The fourth-order valence-electron chi connectivity index (χ4n) is 1.90. The highest BCUT2D eigenvalue weighted by atomic mass is 16.4. The molecule has 0 unspecified atom stereocenters. The van der Waals surface area contributed by atoms with Gasteiger partial charge in [-0.1, -0.05) is 26.7 Å². The molecule has 1 saturated carbocycles. The minimum atomic E-state index is -0.711. The molecule has 1 fully saturated rings. The normalized spacial score (nSPS) is 19.0. The van der Waals surface area contributed by atoms with Gasteiger partial charge in [-0.2, -0.15) is 0 Å². The molecular formula is C10H21NO2. The standard InChI is InChI=1S/C8H15NO2.C2H6/c9-6-8(5-7(10)11)3-1-2-4-8;1-2/h1-6,9H2,(H,10,11);1-2H3. The lowest BCUT2D eigenvalue weighted by molar-refractivity contribution is -0.139. The van der Waals surface area contributed by atoms with E-state index in [9.17, 15) is 4.79 Å². The lowest BCUT2D eigenvalue weighted by Crippen LogP contribution is -2.29. The number of carbonyl (C=O) groups is 1. The summed E-state index contributed by atoms with van der Waals surface area (Å²) >= 11 is 0. The first-order chi connectivity index (χ1) is 6.18. The lowest BCUT2D eigenvalue weighted by Gasteiger charge is -2.24. The van der Waals surface area contributed by atoms with Gasteiger partial charge in [0.2, 0.25) is 0 Å². The molecule has 0 amide bonds. The summed E-state index contributed by atoms with van der Waals surface area (Å²) < 4.78 is 0. The zero-order valence-electron chi connectivity index (χ0n) is 8.68. The number of nitrogens with two attached hydrogens (primary N) is 1. The molecule has 0 aromatic carbocycles. The molecule has 3 nitrogen and oxygen atoms in total. The number of hydrogen-bond acceptors (Lipinski definition) is 2. The Morgan fingerprint density at radius 3 is 2.15 bits per heavy atom. The van der Waals surface area contributed by atoms with Crippen LogP contribution in [0.5, 0.6) is 0 Å². The number of carboxylic acids is 1. The van der Waals surface area contributed by atoms with E-state index >= 15 is 0 Å². The maximum absolute atomic E-state index is 10.5. The minimum Gasteiger partial charge on any atom is -0.481 e. The van der Waals surface area contributed by atoms with Gasteiger partial charge >= 0.3 is 5.97 Å². The molecule has 1 aliphatic carbocycles. The molecule has 3 N–H and O–H groups in total. The average molecular weight is 187 g/mol. The van der Waals surface area contributed by atoms with Gasteiger partial charge in [0.1, 0.15) is 0 Å². The van der Waals surface area contributed by atoms with Crippen LogP contribution in [-0.2, 0) is 4.79 Å². The topological polar surface area (TPSA) is 63.3 Å². The molecule has 0 spiro atoms. The van der Waals surface area contributed by atoms with Crippen LogP contribution in [0.1, 0.15) is 46.0 Å². The maximum atomic E-state index is 10.5. The first kappa shape index (κ1) is 12.4. The highest BCUT2D eigenvalue weighted by molar-refractivity contribution is 5.67. The maximum Gasteiger partial charge on any atom is 0.303 e. The summed E-state index contributed by atoms with van der Waals surface area (Å²) in [5.41, 5.74) is 5.49. The third-order valence-electron chi connectivity index (χ3n) is 2.62. The summed E-state index contributed by atoms with van der Waals surface area (Å²) in [6.07, 6.45) is 4.53. The van der Waals surface area contributed by atoms with E-state index in [0.717, 1.165) is 25.7 Å². The van der Waals surface area contributed by atoms with Crippen LogP contribution in [0.25, 0.3) is 0 Å². The first-order valence-corrected chi connectivity index (χ1v) is 5.10. The van der Waals surface area contributed by atoms with Gasteiger partial charge in [0.25, 0.3) is 0 Å². The summed E-state index contributed by atoms with van der Waals surface area (Å²) in [5.74, 6) is -0.711. The quantitative estimate of drug-likeness (QED) is 0.710. The van der Waals surface area contributed by atoms with Crippen LogP contribution in [0, 0.1) is 5.41 Å². The molecule has 0 bridgehead atoms. The highest BCUT2D eigenvalue weighted by Crippen LogP contribution is 2.39. The molecule has 0 atom stereocenters. The van der Waals surface area contributed by atoms with Gasteiger partial charge in [-0.05, 0) is 24.8 Å². The molecule has 0 heterocycles. The third kappa shape index (κ3) is 3.77. The number of carboxylic acid groups (broad SMARTS) is 1. The van der Waals surface area contributed by atoms with Crippen molar-refractivity contribution in [1.82, 2.24) is 0 Å². The van der Waals surface area contributed by atoms with E-state index in [1.165, 1.54) is 0 Å². The van der Waals surface area contributed by atoms with E-state index in [-0.39, 0.29) is 11.8 Å². The smallest absolute Gasteiger partial charge is 0.303 e. The van der Waals surface area contributed by atoms with E-state index in [4.69, 9.17) is 10.8 Å². The largest absolute Gasteiger partial charge is 0.481 e. The molecule has 1 rings (SSSR count). The highest BCUT2D eigenvalue weighted by Gasteiger charge is 2.34. The van der Waals surface area contributed by atoms with Crippen LogP contribution in [0.4, 0.5) is 0 Å². The molecule has 0 aromatic rings. The van der Waals surface area contributed by atoms with Crippen LogP contribution in [0.2, 0.25) is 0 Å². The van der Waals surface area contributed by atoms with Gasteiger partial charge in [-0.25, -0.2) is 0 Å². The van der Waals surface area contributed by atoms with Crippen molar-refractivity contribution < 1.29 is 9.90 Å². The van der Waals surface area contributed by atoms with Crippen molar-refractivity contribution in [2.45, 2.75) is 46.0 Å². The van der Waals surface area contributed by atoms with Gasteiger partial charge < -0.3 is 10.8 Å². The monoisotopic (exact) mass is 187 g/mol. The molecule has 78 valence electrons. The number of hydrogen-bond donors (Lipinski definition) is 2. The third-order valence-corrected chi connectivity index (χ3v) is 2.62. The molecule has 0 radical (unpaired) electrons. The van der Waals surface area contributed by atoms with Gasteiger partial charge in [-0.15, -0.1) is 0 Å².